The van der Waals surface area contributed by atoms with Crippen molar-refractivity contribution in [2.24, 2.45) is 0 Å². The summed E-state index contributed by atoms with van der Waals surface area (Å²) in [5, 5.41) is 2.87. The number of carbonyl (C=O) groups excluding carboxylic acids is 1. The van der Waals surface area contributed by atoms with Gasteiger partial charge in [-0.2, -0.15) is 0 Å². The second kappa shape index (κ2) is 6.62. The van der Waals surface area contributed by atoms with Crippen molar-refractivity contribution < 1.29 is 13.2 Å². The van der Waals surface area contributed by atoms with Crippen molar-refractivity contribution in [1.82, 2.24) is 4.90 Å². The number of carbonyl (C=O) groups is 1. The Balaban J connectivity index is 2.05. The molecule has 0 aliphatic carbocycles. The lowest BCUT2D eigenvalue weighted by molar-refractivity contribution is 0.0827. The van der Waals surface area contributed by atoms with E-state index in [2.05, 4.69) is 5.32 Å². The number of sulfone groups is 1. The van der Waals surface area contributed by atoms with Crippen LogP contribution < -0.4 is 5.32 Å². The normalized spacial score (nSPS) is 11.0. The summed E-state index contributed by atoms with van der Waals surface area (Å²) < 4.78 is 24.3. The third-order valence-corrected chi connectivity index (χ3v) is 4.62. The highest BCUT2D eigenvalue weighted by Gasteiger charge is 2.13. The van der Waals surface area contributed by atoms with Crippen LogP contribution in [0, 0.1) is 0 Å². The van der Waals surface area contributed by atoms with Gasteiger partial charge in [0, 0.05) is 25.3 Å². The molecular formula is C16H18N2O3S. The Hall–Kier alpha value is -2.34. The first kappa shape index (κ1) is 16.0. The molecule has 5 nitrogen and oxygen atoms in total. The van der Waals surface area contributed by atoms with Crippen molar-refractivity contribution in [3.05, 3.63) is 60.2 Å². The van der Waals surface area contributed by atoms with Crippen molar-refractivity contribution in [2.75, 3.05) is 25.3 Å². The second-order valence-electron chi connectivity index (χ2n) is 5.03. The highest BCUT2D eigenvalue weighted by atomic mass is 32.2. The van der Waals surface area contributed by atoms with Crippen LogP contribution in [0.15, 0.2) is 59.5 Å². The molecule has 0 aliphatic rings. The first-order valence-corrected chi connectivity index (χ1v) is 8.39. The quantitative estimate of drug-likeness (QED) is 0.918. The summed E-state index contributed by atoms with van der Waals surface area (Å²) in [5.41, 5.74) is 1.20. The van der Waals surface area contributed by atoms with E-state index in [9.17, 15) is 13.2 Å². The minimum absolute atomic E-state index is 0.0940. The zero-order valence-corrected chi connectivity index (χ0v) is 13.3. The van der Waals surface area contributed by atoms with Gasteiger partial charge in [0.2, 0.25) is 0 Å². The summed E-state index contributed by atoms with van der Waals surface area (Å²) in [7, 11) is -0.0217. The molecule has 0 aromatic heterocycles. The number of amides is 1. The molecule has 0 aliphatic heterocycles. The maximum absolute atomic E-state index is 12.1. The molecule has 0 bridgehead atoms. The molecule has 22 heavy (non-hydrogen) atoms. The highest BCUT2D eigenvalue weighted by Crippen LogP contribution is 2.14. The molecule has 0 saturated carbocycles. The van der Waals surface area contributed by atoms with Crippen molar-refractivity contribution >= 4 is 21.4 Å². The van der Waals surface area contributed by atoms with E-state index >= 15 is 0 Å². The van der Waals surface area contributed by atoms with E-state index < -0.39 is 9.84 Å². The van der Waals surface area contributed by atoms with Crippen LogP contribution in [0.5, 0.6) is 0 Å². The number of hydrogen-bond donors (Lipinski definition) is 1. The van der Waals surface area contributed by atoms with Gasteiger partial charge in [-0.3, -0.25) is 4.79 Å². The van der Waals surface area contributed by atoms with Crippen LogP contribution >= 0.6 is 0 Å². The second-order valence-corrected chi connectivity index (χ2v) is 7.02. The number of anilines is 1. The zero-order valence-electron chi connectivity index (χ0n) is 12.5. The largest absolute Gasteiger partial charge is 0.371 e. The minimum Gasteiger partial charge on any atom is -0.371 e. The van der Waals surface area contributed by atoms with E-state index in [1.807, 2.05) is 0 Å². The van der Waals surface area contributed by atoms with Crippen LogP contribution in [-0.2, 0) is 9.84 Å². The predicted octanol–water partition coefficient (Wildman–Crippen LogP) is 2.23. The first-order valence-electron chi connectivity index (χ1n) is 6.73. The van der Waals surface area contributed by atoms with Gasteiger partial charge in [-0.05, 0) is 36.4 Å². The van der Waals surface area contributed by atoms with Crippen molar-refractivity contribution in [3.8, 4) is 0 Å². The molecule has 0 saturated heterocycles. The van der Waals surface area contributed by atoms with Gasteiger partial charge in [-0.1, -0.05) is 18.2 Å². The summed E-state index contributed by atoms with van der Waals surface area (Å²) in [6, 6.07) is 15.0. The van der Waals surface area contributed by atoms with Crippen molar-refractivity contribution in [1.29, 1.82) is 0 Å². The molecule has 1 N–H and O–H groups in total. The van der Waals surface area contributed by atoms with Crippen LogP contribution in [0.4, 0.5) is 5.69 Å². The molecule has 6 heteroatoms. The number of nitrogens with one attached hydrogen (secondary N) is 1. The standard InChI is InChI=1S/C16H18N2O3S/c1-18(2)16(19)13-8-10-14(11-9-13)17-12-22(20,21)15-6-4-3-5-7-15/h3-11,17H,12H2,1-2H3. The fraction of sp³-hybridized carbons (Fsp3) is 0.188. The average molecular weight is 318 g/mol. The van der Waals surface area contributed by atoms with Gasteiger partial charge in [0.25, 0.3) is 5.91 Å². The van der Waals surface area contributed by atoms with Crippen molar-refractivity contribution in [2.45, 2.75) is 4.90 Å². The Morgan fingerprint density at radius 1 is 1.00 bits per heavy atom. The number of rotatable bonds is 5. The van der Waals surface area contributed by atoms with Gasteiger partial charge >= 0.3 is 0 Å². The SMILES string of the molecule is CN(C)C(=O)c1ccc(NCS(=O)(=O)c2ccccc2)cc1. The number of benzene rings is 2. The Labute approximate surface area is 130 Å². The molecule has 0 fully saturated rings. The fourth-order valence-electron chi connectivity index (χ4n) is 1.88. The molecule has 0 atom stereocenters. The lowest BCUT2D eigenvalue weighted by Crippen LogP contribution is -2.21. The lowest BCUT2D eigenvalue weighted by Gasteiger charge is -2.11. The number of hydrogen-bond acceptors (Lipinski definition) is 4. The van der Waals surface area contributed by atoms with E-state index in [4.69, 9.17) is 0 Å². The summed E-state index contributed by atoms with van der Waals surface area (Å²) in [4.78, 5) is 13.5. The lowest BCUT2D eigenvalue weighted by atomic mass is 10.2. The molecule has 2 rings (SSSR count). The van der Waals surface area contributed by atoms with Gasteiger partial charge < -0.3 is 10.2 Å². The molecule has 116 valence electrons. The molecule has 2 aromatic rings. The summed E-state index contributed by atoms with van der Waals surface area (Å²) >= 11 is 0. The molecule has 0 spiro atoms. The molecule has 0 unspecified atom stereocenters. The third kappa shape index (κ3) is 3.85. The summed E-state index contributed by atoms with van der Waals surface area (Å²) in [5.74, 6) is -0.290. The Bertz CT molecular complexity index is 739. The van der Waals surface area contributed by atoms with Gasteiger partial charge in [0.05, 0.1) is 4.90 Å². The van der Waals surface area contributed by atoms with Gasteiger partial charge in [-0.15, -0.1) is 0 Å². The summed E-state index contributed by atoms with van der Waals surface area (Å²) in [6.45, 7) is 0. The van der Waals surface area contributed by atoms with E-state index in [-0.39, 0.29) is 16.7 Å². The average Bonchev–Trinajstić information content (AvgIpc) is 2.53. The maximum atomic E-state index is 12.1. The predicted molar refractivity (Wildman–Crippen MR) is 86.6 cm³/mol. The van der Waals surface area contributed by atoms with E-state index in [1.54, 1.807) is 68.7 Å². The summed E-state index contributed by atoms with van der Waals surface area (Å²) in [6.07, 6.45) is 0. The molecule has 2 aromatic carbocycles. The Kier molecular flexibility index (Phi) is 4.82. The molecule has 0 heterocycles. The first-order chi connectivity index (χ1) is 10.4. The fourth-order valence-corrected chi connectivity index (χ4v) is 2.97. The highest BCUT2D eigenvalue weighted by molar-refractivity contribution is 7.91. The molecule has 1 amide bonds. The topological polar surface area (TPSA) is 66.5 Å². The van der Waals surface area contributed by atoms with Gasteiger partial charge in [0.1, 0.15) is 5.88 Å². The smallest absolute Gasteiger partial charge is 0.253 e. The monoisotopic (exact) mass is 318 g/mol. The third-order valence-electron chi connectivity index (χ3n) is 3.11. The van der Waals surface area contributed by atoms with Crippen molar-refractivity contribution in [3.63, 3.8) is 0 Å². The van der Waals surface area contributed by atoms with Crippen LogP contribution in [0.1, 0.15) is 10.4 Å². The van der Waals surface area contributed by atoms with Gasteiger partial charge in [-0.25, -0.2) is 8.42 Å². The minimum atomic E-state index is -3.38. The zero-order chi connectivity index (χ0) is 16.2. The molecule has 0 radical (unpaired) electrons. The Morgan fingerprint density at radius 2 is 1.59 bits per heavy atom. The van der Waals surface area contributed by atoms with Crippen LogP contribution in [0.3, 0.4) is 0 Å². The Morgan fingerprint density at radius 3 is 2.14 bits per heavy atom. The van der Waals surface area contributed by atoms with E-state index in [0.29, 0.717) is 11.3 Å². The van der Waals surface area contributed by atoms with Crippen LogP contribution in [-0.4, -0.2) is 39.2 Å². The van der Waals surface area contributed by atoms with Crippen LogP contribution in [0.2, 0.25) is 0 Å². The van der Waals surface area contributed by atoms with E-state index in [1.165, 1.54) is 4.90 Å². The van der Waals surface area contributed by atoms with Crippen LogP contribution in [0.25, 0.3) is 0 Å². The van der Waals surface area contributed by atoms with Gasteiger partial charge in [0.15, 0.2) is 9.84 Å². The van der Waals surface area contributed by atoms with E-state index in [0.717, 1.165) is 0 Å². The molecular weight excluding hydrogens is 300 g/mol. The maximum Gasteiger partial charge on any atom is 0.253 e. The number of nitrogens with zero attached hydrogens (tertiary/aromatic N) is 1.